The van der Waals surface area contributed by atoms with Gasteiger partial charge in [0.15, 0.2) is 0 Å². The van der Waals surface area contributed by atoms with Gasteiger partial charge in [-0.3, -0.25) is 9.48 Å². The van der Waals surface area contributed by atoms with Gasteiger partial charge in [-0.15, -0.1) is 0 Å². The van der Waals surface area contributed by atoms with E-state index in [1.54, 1.807) is 36.3 Å². The molecular formula is C16H13BrN4O2. The highest BCUT2D eigenvalue weighted by Gasteiger charge is 2.08. The smallest absolute Gasteiger partial charge is 0.257 e. The van der Waals surface area contributed by atoms with Crippen molar-refractivity contribution in [1.82, 2.24) is 14.8 Å². The first-order valence-corrected chi connectivity index (χ1v) is 7.59. The molecule has 1 amide bonds. The number of nitrogens with zero attached hydrogens (tertiary/aromatic N) is 3. The molecule has 6 nitrogen and oxygen atoms in total. The Morgan fingerprint density at radius 2 is 1.96 bits per heavy atom. The topological polar surface area (TPSA) is 69.0 Å². The molecule has 0 bridgehead atoms. The number of amides is 1. The second kappa shape index (κ2) is 6.62. The van der Waals surface area contributed by atoms with Crippen LogP contribution in [0, 0.1) is 0 Å². The first-order valence-electron chi connectivity index (χ1n) is 6.79. The molecule has 2 heterocycles. The summed E-state index contributed by atoms with van der Waals surface area (Å²) in [4.78, 5) is 16.2. The molecule has 3 rings (SSSR count). The number of aromatic nitrogens is 3. The van der Waals surface area contributed by atoms with Crippen LogP contribution in [-0.4, -0.2) is 20.7 Å². The predicted molar refractivity (Wildman–Crippen MR) is 89.6 cm³/mol. The third kappa shape index (κ3) is 3.95. The first kappa shape index (κ1) is 15.2. The molecular weight excluding hydrogens is 360 g/mol. The predicted octanol–water partition coefficient (Wildman–Crippen LogP) is 3.62. The molecule has 0 saturated carbocycles. The number of benzene rings is 1. The summed E-state index contributed by atoms with van der Waals surface area (Å²) in [5, 5.41) is 6.74. The molecule has 0 atom stereocenters. The summed E-state index contributed by atoms with van der Waals surface area (Å²) < 4.78 is 8.20. The van der Waals surface area contributed by atoms with Crippen LogP contribution >= 0.6 is 15.9 Å². The maximum Gasteiger partial charge on any atom is 0.257 e. The Morgan fingerprint density at radius 3 is 2.57 bits per heavy atom. The molecule has 1 aromatic carbocycles. The van der Waals surface area contributed by atoms with E-state index in [4.69, 9.17) is 4.74 Å². The van der Waals surface area contributed by atoms with Gasteiger partial charge in [-0.2, -0.15) is 5.10 Å². The lowest BCUT2D eigenvalue weighted by Crippen LogP contribution is -2.11. The summed E-state index contributed by atoms with van der Waals surface area (Å²) >= 11 is 3.36. The largest absolute Gasteiger partial charge is 0.439 e. The maximum absolute atomic E-state index is 12.1. The van der Waals surface area contributed by atoms with E-state index < -0.39 is 0 Å². The number of aryl methyl sites for hydroxylation is 1. The second-order valence-electron chi connectivity index (χ2n) is 4.80. The summed E-state index contributed by atoms with van der Waals surface area (Å²) in [5.41, 5.74) is 1.07. The standard InChI is InChI=1S/C16H13BrN4O2/c1-21-10-13(9-19-21)20-16(22)11-2-7-15(18-8-11)23-14-5-3-12(17)4-6-14/h2-10H,1H3,(H,20,22). The third-order valence-electron chi connectivity index (χ3n) is 3.00. The van der Waals surface area contributed by atoms with Crippen molar-refractivity contribution in [2.24, 2.45) is 7.05 Å². The Kier molecular flexibility index (Phi) is 4.38. The lowest BCUT2D eigenvalue weighted by molar-refractivity contribution is 0.102. The van der Waals surface area contributed by atoms with Crippen molar-refractivity contribution in [2.75, 3.05) is 5.32 Å². The van der Waals surface area contributed by atoms with E-state index in [1.165, 1.54) is 6.20 Å². The molecule has 0 fully saturated rings. The number of nitrogens with one attached hydrogen (secondary N) is 1. The van der Waals surface area contributed by atoms with Crippen LogP contribution in [0.4, 0.5) is 5.69 Å². The normalized spacial score (nSPS) is 10.3. The van der Waals surface area contributed by atoms with Crippen molar-refractivity contribution >= 4 is 27.5 Å². The minimum absolute atomic E-state index is 0.249. The molecule has 0 radical (unpaired) electrons. The van der Waals surface area contributed by atoms with Crippen molar-refractivity contribution in [3.05, 3.63) is 65.0 Å². The molecule has 1 N–H and O–H groups in total. The fourth-order valence-electron chi connectivity index (χ4n) is 1.89. The van der Waals surface area contributed by atoms with E-state index >= 15 is 0 Å². The lowest BCUT2D eigenvalue weighted by atomic mass is 10.2. The average Bonchev–Trinajstić information content (AvgIpc) is 2.95. The summed E-state index contributed by atoms with van der Waals surface area (Å²) in [6, 6.07) is 10.7. The van der Waals surface area contributed by atoms with Gasteiger partial charge in [-0.1, -0.05) is 15.9 Å². The van der Waals surface area contributed by atoms with Gasteiger partial charge in [0.25, 0.3) is 5.91 Å². The van der Waals surface area contributed by atoms with Crippen molar-refractivity contribution in [1.29, 1.82) is 0 Å². The molecule has 116 valence electrons. The van der Waals surface area contributed by atoms with Crippen LogP contribution in [0.5, 0.6) is 11.6 Å². The highest BCUT2D eigenvalue weighted by molar-refractivity contribution is 9.10. The van der Waals surface area contributed by atoms with Crippen LogP contribution in [0.3, 0.4) is 0 Å². The second-order valence-corrected chi connectivity index (χ2v) is 5.71. The summed E-state index contributed by atoms with van der Waals surface area (Å²) in [6.07, 6.45) is 4.77. The number of hydrogen-bond acceptors (Lipinski definition) is 4. The van der Waals surface area contributed by atoms with Gasteiger partial charge in [0.05, 0.1) is 17.4 Å². The summed E-state index contributed by atoms with van der Waals surface area (Å²) in [7, 11) is 1.78. The summed E-state index contributed by atoms with van der Waals surface area (Å²) in [6.45, 7) is 0. The molecule has 0 aliphatic rings. The Hall–Kier alpha value is -2.67. The number of rotatable bonds is 4. The lowest BCUT2D eigenvalue weighted by Gasteiger charge is -2.06. The fraction of sp³-hybridized carbons (Fsp3) is 0.0625. The van der Waals surface area contributed by atoms with Crippen LogP contribution in [0.1, 0.15) is 10.4 Å². The van der Waals surface area contributed by atoms with E-state index in [0.29, 0.717) is 22.9 Å². The van der Waals surface area contributed by atoms with E-state index in [9.17, 15) is 4.79 Å². The highest BCUT2D eigenvalue weighted by Crippen LogP contribution is 2.21. The van der Waals surface area contributed by atoms with Gasteiger partial charge < -0.3 is 10.1 Å². The molecule has 23 heavy (non-hydrogen) atoms. The van der Waals surface area contributed by atoms with Gasteiger partial charge in [0.2, 0.25) is 5.88 Å². The highest BCUT2D eigenvalue weighted by atomic mass is 79.9. The van der Waals surface area contributed by atoms with Crippen molar-refractivity contribution in [3.63, 3.8) is 0 Å². The average molecular weight is 373 g/mol. The van der Waals surface area contributed by atoms with Crippen LogP contribution in [0.2, 0.25) is 0 Å². The van der Waals surface area contributed by atoms with E-state index in [1.807, 2.05) is 24.3 Å². The third-order valence-corrected chi connectivity index (χ3v) is 3.53. The Morgan fingerprint density at radius 1 is 1.17 bits per heavy atom. The molecule has 0 saturated heterocycles. The van der Waals surface area contributed by atoms with Crippen molar-refractivity contribution < 1.29 is 9.53 Å². The number of halogens is 1. The number of ether oxygens (including phenoxy) is 1. The number of carbonyl (C=O) groups is 1. The van der Waals surface area contributed by atoms with E-state index in [0.717, 1.165) is 4.47 Å². The Bertz CT molecular complexity index is 813. The molecule has 3 aromatic rings. The van der Waals surface area contributed by atoms with Gasteiger partial charge in [0.1, 0.15) is 5.75 Å². The Balaban J connectivity index is 1.66. The number of anilines is 1. The van der Waals surface area contributed by atoms with Crippen molar-refractivity contribution in [3.8, 4) is 11.6 Å². The minimum atomic E-state index is -0.249. The molecule has 0 aliphatic heterocycles. The van der Waals surface area contributed by atoms with Crippen LogP contribution in [0.25, 0.3) is 0 Å². The molecule has 0 spiro atoms. The van der Waals surface area contributed by atoms with E-state index in [2.05, 4.69) is 31.3 Å². The zero-order valence-electron chi connectivity index (χ0n) is 12.2. The molecule has 2 aromatic heterocycles. The van der Waals surface area contributed by atoms with Crippen LogP contribution < -0.4 is 10.1 Å². The Labute approximate surface area is 141 Å². The number of carbonyl (C=O) groups excluding carboxylic acids is 1. The number of pyridine rings is 1. The van der Waals surface area contributed by atoms with E-state index in [-0.39, 0.29) is 5.91 Å². The maximum atomic E-state index is 12.1. The minimum Gasteiger partial charge on any atom is -0.439 e. The van der Waals surface area contributed by atoms with Gasteiger partial charge in [-0.25, -0.2) is 4.98 Å². The molecule has 0 aliphatic carbocycles. The van der Waals surface area contributed by atoms with Gasteiger partial charge in [-0.05, 0) is 30.3 Å². The van der Waals surface area contributed by atoms with Crippen molar-refractivity contribution in [2.45, 2.75) is 0 Å². The number of hydrogen-bond donors (Lipinski definition) is 1. The molecule has 0 unspecified atom stereocenters. The van der Waals surface area contributed by atoms with Gasteiger partial charge >= 0.3 is 0 Å². The van der Waals surface area contributed by atoms with Crippen LogP contribution in [0.15, 0.2) is 59.5 Å². The monoisotopic (exact) mass is 372 g/mol. The quantitative estimate of drug-likeness (QED) is 0.759. The fourth-order valence-corrected chi connectivity index (χ4v) is 2.15. The SMILES string of the molecule is Cn1cc(NC(=O)c2ccc(Oc3ccc(Br)cc3)nc2)cn1. The zero-order valence-corrected chi connectivity index (χ0v) is 13.8. The summed E-state index contributed by atoms with van der Waals surface area (Å²) in [5.74, 6) is 0.846. The van der Waals surface area contributed by atoms with Gasteiger partial charge in [0, 0.05) is 30.0 Å². The van der Waals surface area contributed by atoms with Crippen LogP contribution in [-0.2, 0) is 7.05 Å². The molecule has 7 heteroatoms. The first-order chi connectivity index (χ1) is 11.1. The zero-order chi connectivity index (χ0) is 16.2.